The fourth-order valence-electron chi connectivity index (χ4n) is 24.6. The van der Waals surface area contributed by atoms with Crippen LogP contribution < -0.4 is 21.3 Å². The van der Waals surface area contributed by atoms with Crippen LogP contribution in [0, 0.1) is 51.4 Å². The van der Waals surface area contributed by atoms with Gasteiger partial charge in [0.15, 0.2) is 0 Å². The smallest absolute Gasteiger partial charge is 0.248 e. The molecule has 12 heterocycles. The number of aryl methyl sites for hydroxylation is 4. The van der Waals surface area contributed by atoms with Crippen LogP contribution in [0.25, 0.3) is 0 Å². The number of carbonyl (C=O) groups is 4. The zero-order valence-electron chi connectivity index (χ0n) is 127. The Bertz CT molecular complexity index is 7460. The van der Waals surface area contributed by atoms with Crippen molar-refractivity contribution in [1.82, 2.24) is 99.9 Å². The number of fused-ring (bicyclic) bond motifs is 8. The summed E-state index contributed by atoms with van der Waals surface area (Å²) >= 11 is 0. The number of halogens is 8. The average molecular weight is 2100 g/mol. The third kappa shape index (κ3) is 26.7. The van der Waals surface area contributed by atoms with Crippen molar-refractivity contribution in [2.45, 2.75) is 457 Å². The van der Waals surface area contributed by atoms with Crippen molar-refractivity contribution in [2.75, 3.05) is 26.1 Å². The highest BCUT2D eigenvalue weighted by Crippen LogP contribution is 2.50. The van der Waals surface area contributed by atoms with Gasteiger partial charge in [0.1, 0.15) is 46.6 Å². The molecule has 148 heavy (non-hydrogen) atoms. The van der Waals surface area contributed by atoms with E-state index < -0.39 is 244 Å². The van der Waals surface area contributed by atoms with Crippen LogP contribution >= 0.6 is 0 Å². The number of nitrogens with zero attached hydrogens (tertiary/aromatic N) is 16. The largest absolute Gasteiger partial charge is 0.349 e. The van der Waals surface area contributed by atoms with E-state index in [1.165, 1.54) is 16.7 Å². The first kappa shape index (κ1) is 66.5. The van der Waals surface area contributed by atoms with E-state index in [-0.39, 0.29) is 178 Å². The SMILES string of the molecule is [2H]C([2H])([2H])C(c1nnc(C)n1C1CC2CCC(C1)N2C([2H])([2H])CC(NC(=O)C1C([2H])([2H])C([2H])([2H])C(F)(F)C([2H])([2H])C1([2H])[2H])c1ccccc1)C([2H])([2H])[2H].[2H]C([2H])([2H])C(c1nnc(C)n1C1CC2CCC(C1)N2C([2H])([2H])CC(NC(=O)C1CCC(F)(F)CC1)c1ccccc1)C([2H])([2H])[2H].[2H]C([2H])([2H])C(c1nnc(C)n1C1CC2CCC(C1)N2CCC(NC(=O)C1C([2H])([2H])C([2H])([2H])C(F)(F)C([2H])([2H])C1([2H])[2H])c1ccccc1)C([2H])([2H])[2H].[2H]C([2H])([2H])C(c1nnc(C)n1C1CC2CCC(C1)N2CCC(NC(=O)C1CCC(F)(F)CC1)c1ccccc1)C([2H])([2H])[2H]. The second kappa shape index (κ2) is 48.3. The Hall–Kier alpha value is -9.40. The van der Waals surface area contributed by atoms with E-state index in [0.29, 0.717) is 93.2 Å². The van der Waals surface area contributed by atoms with Crippen molar-refractivity contribution in [3.63, 3.8) is 0 Å². The fraction of sp³-hybridized carbons (Fsp3) is 0.690. The minimum Gasteiger partial charge on any atom is -0.349 e. The van der Waals surface area contributed by atoms with Crippen LogP contribution in [0.5, 0.6) is 0 Å². The maximum atomic E-state index is 15.1. The molecule has 32 heteroatoms. The lowest BCUT2D eigenvalue weighted by atomic mass is 9.86. The van der Waals surface area contributed by atoms with Crippen molar-refractivity contribution in [3.05, 3.63) is 190 Å². The molecule has 12 unspecified atom stereocenters. The molecule has 8 aromatic rings. The monoisotopic (exact) mass is 2100 g/mol. The number of carbonyl (C=O) groups excluding carboxylic acids is 4. The second-order valence-corrected chi connectivity index (χ2v) is 41.5. The Morgan fingerprint density at radius 2 is 0.520 bits per heavy atom. The van der Waals surface area contributed by atoms with E-state index in [1.54, 1.807) is 94.8 Å². The number of piperidine rings is 4. The maximum absolute atomic E-state index is 15.1. The fourth-order valence-corrected chi connectivity index (χ4v) is 24.6. The number of nitrogens with one attached hydrogen (secondary N) is 4. The van der Waals surface area contributed by atoms with E-state index >= 15 is 17.6 Å². The molecule has 4 aromatic heterocycles. The van der Waals surface area contributed by atoms with E-state index in [0.717, 1.165) is 56.2 Å². The lowest BCUT2D eigenvalue weighted by molar-refractivity contribution is -0.131. The molecular weight excluding hydrogens is 1890 g/mol. The molecule has 8 saturated heterocycles. The zero-order valence-corrected chi connectivity index (χ0v) is 83.4. The van der Waals surface area contributed by atoms with Crippen LogP contribution in [0.1, 0.15) is 487 Å². The summed E-state index contributed by atoms with van der Waals surface area (Å²) in [6.45, 7) is -19.1. The topological polar surface area (TPSA) is 252 Å². The summed E-state index contributed by atoms with van der Waals surface area (Å²) in [4.78, 5) is 62.1. The summed E-state index contributed by atoms with van der Waals surface area (Å²) < 4.78 is 478. The van der Waals surface area contributed by atoms with Crippen LogP contribution in [0.15, 0.2) is 121 Å². The predicted molar refractivity (Wildman–Crippen MR) is 558 cm³/mol. The summed E-state index contributed by atoms with van der Waals surface area (Å²) in [5.74, 6) is -32.1. The number of alkyl halides is 8. The van der Waals surface area contributed by atoms with Gasteiger partial charge in [-0.25, -0.2) is 35.1 Å². The van der Waals surface area contributed by atoms with Gasteiger partial charge in [-0.3, -0.25) is 38.8 Å². The molecule has 4 aliphatic carbocycles. The Balaban J connectivity index is 0.000000167. The summed E-state index contributed by atoms with van der Waals surface area (Å²) in [6, 6.07) is 29.5. The minimum atomic E-state index is -5.18. The van der Waals surface area contributed by atoms with Gasteiger partial charge in [0.2, 0.25) is 47.3 Å². The summed E-state index contributed by atoms with van der Waals surface area (Å²) in [6.07, 6.45) is -23.2. The van der Waals surface area contributed by atoms with Crippen LogP contribution in [0.3, 0.4) is 0 Å². The van der Waals surface area contributed by atoms with Crippen molar-refractivity contribution < 1.29 is 115 Å². The molecule has 12 atom stereocenters. The van der Waals surface area contributed by atoms with Crippen LogP contribution in [0.2, 0.25) is 0 Å². The summed E-state index contributed by atoms with van der Waals surface area (Å²) in [5, 5.41) is 43.4. The van der Waals surface area contributed by atoms with Gasteiger partial charge in [-0.15, -0.1) is 40.8 Å². The Kier molecular flexibility index (Phi) is 21.7. The van der Waals surface area contributed by atoms with Crippen molar-refractivity contribution in [3.8, 4) is 0 Å². The lowest BCUT2D eigenvalue weighted by Gasteiger charge is -2.40. The van der Waals surface area contributed by atoms with E-state index in [2.05, 4.69) is 71.9 Å². The average Bonchev–Trinajstić information content (AvgIpc) is 0.757. The lowest BCUT2D eigenvalue weighted by Crippen LogP contribution is -2.45. The molecule has 12 fully saturated rings. The first-order chi connectivity index (χ1) is 88.1. The molecule has 4 N–H and O–H groups in total. The highest BCUT2D eigenvalue weighted by molar-refractivity contribution is 5.81. The maximum Gasteiger partial charge on any atom is 0.248 e. The Morgan fingerprint density at radius 3 is 0.750 bits per heavy atom. The molecule has 0 spiro atoms. The van der Waals surface area contributed by atoms with Gasteiger partial charge in [-0.2, -0.15) is 0 Å². The highest BCUT2D eigenvalue weighted by atomic mass is 19.3. The van der Waals surface area contributed by atoms with Crippen LogP contribution in [-0.4, -0.2) is 200 Å². The third-order valence-electron chi connectivity index (χ3n) is 31.8. The third-order valence-corrected chi connectivity index (χ3v) is 31.8. The normalized spacial score (nSPS) is 34.9. The van der Waals surface area contributed by atoms with Crippen LogP contribution in [-0.2, 0) is 19.2 Å². The molecule has 0 radical (unpaired) electrons. The number of rotatable bonds is 32. The number of hydrogen-bond donors (Lipinski definition) is 4. The minimum absolute atomic E-state index is 0.00248. The number of hydrogen-bond acceptors (Lipinski definition) is 16. The number of aromatic nitrogens is 12. The predicted octanol–water partition coefficient (Wildman–Crippen LogP) is 23.8. The zero-order chi connectivity index (χ0) is 143. The van der Waals surface area contributed by atoms with Crippen molar-refractivity contribution >= 4 is 23.6 Å². The molecular formula is C116H164F8N20O4. The Labute approximate surface area is 933 Å². The molecule has 24 nitrogen and oxygen atoms in total. The summed E-state index contributed by atoms with van der Waals surface area (Å²) in [5.41, 5.74) is 2.49. The van der Waals surface area contributed by atoms with Gasteiger partial charge < -0.3 is 39.5 Å². The van der Waals surface area contributed by atoms with E-state index in [4.69, 9.17) is 54.8 Å². The van der Waals surface area contributed by atoms with Gasteiger partial charge >= 0.3 is 0 Å². The number of benzene rings is 4. The van der Waals surface area contributed by atoms with Crippen LogP contribution in [0.4, 0.5) is 35.1 Å². The molecule has 20 rings (SSSR count). The van der Waals surface area contributed by atoms with Gasteiger partial charge in [0, 0.05) is 257 Å². The number of amides is 4. The van der Waals surface area contributed by atoms with Gasteiger partial charge in [0.05, 0.1) is 24.2 Å². The highest BCUT2D eigenvalue weighted by Gasteiger charge is 2.50. The first-order valence-electron chi connectivity index (χ1n) is 73.8. The second-order valence-electron chi connectivity index (χ2n) is 41.5. The van der Waals surface area contributed by atoms with E-state index in [9.17, 15) is 42.2 Å². The molecule has 4 amide bonds. The van der Waals surface area contributed by atoms with Crippen molar-refractivity contribution in [1.29, 1.82) is 0 Å². The van der Waals surface area contributed by atoms with Gasteiger partial charge in [-0.05, 0) is 230 Å². The molecule has 808 valence electrons. The standard InChI is InChI=1S/4C29H41F2N5O/c4*1-19(2)27-34-33-20(3)36(27)25-17-23-9-10-24(18-25)35(23)16-13-26(21-7-5-4-6-8-21)32-28(37)22-11-14-29(30,31)15-12-22/h4*4-8,19,22-26H,9-18H2,1-3H3,(H,32,37)/i1D3,2D3,11D2,12D2,14D2,15D2,16D2;1D3,2D3,11D2,12D2,14D2,15D2;1D3,2D3,16D2;1D3,2D3. The molecule has 4 saturated carbocycles. The first-order valence-corrected chi connectivity index (χ1v) is 51.8. The molecule has 8 aliphatic heterocycles. The van der Waals surface area contributed by atoms with E-state index in [1.807, 2.05) is 65.6 Å². The Morgan fingerprint density at radius 1 is 0.304 bits per heavy atom. The van der Waals surface area contributed by atoms with Crippen molar-refractivity contribution in [2.24, 2.45) is 23.7 Å². The van der Waals surface area contributed by atoms with Gasteiger partial charge in [0.25, 0.3) is 0 Å². The molecule has 12 aliphatic rings. The van der Waals surface area contributed by atoms with Gasteiger partial charge in [-0.1, -0.05) is 176 Å². The molecule has 8 bridgehead atoms. The quantitative estimate of drug-likeness (QED) is 0.0286. The molecule has 4 aromatic carbocycles. The summed E-state index contributed by atoms with van der Waals surface area (Å²) in [7, 11) is 0.